The largest absolute Gasteiger partial charge is 0.480 e. The molecule has 1 amide bonds. The molecule has 2 N–H and O–H groups in total. The molecule has 0 aliphatic rings. The number of carbonyl (C=O) groups is 2. The molecular formula is C16H19N3O4S. The van der Waals surface area contributed by atoms with Gasteiger partial charge < -0.3 is 15.2 Å². The lowest BCUT2D eigenvalue weighted by atomic mass is 10.0. The number of carboxylic acids is 1. The molecule has 0 saturated carbocycles. The zero-order valence-corrected chi connectivity index (χ0v) is 14.5. The van der Waals surface area contributed by atoms with Crippen molar-refractivity contribution in [3.05, 3.63) is 35.2 Å². The van der Waals surface area contributed by atoms with E-state index in [-0.39, 0.29) is 6.42 Å². The fraction of sp³-hybridized carbons (Fsp3) is 0.375. The molecule has 0 fully saturated rings. The minimum absolute atomic E-state index is 0.157. The lowest BCUT2D eigenvalue weighted by molar-refractivity contribution is -0.139. The van der Waals surface area contributed by atoms with Crippen molar-refractivity contribution in [2.75, 3.05) is 0 Å². The maximum absolute atomic E-state index is 11.8. The summed E-state index contributed by atoms with van der Waals surface area (Å²) in [4.78, 5) is 23.1. The molecular weight excluding hydrogens is 330 g/mol. The van der Waals surface area contributed by atoms with Crippen LogP contribution in [0.15, 0.2) is 29.6 Å². The van der Waals surface area contributed by atoms with Crippen LogP contribution in [0.4, 0.5) is 4.79 Å². The van der Waals surface area contributed by atoms with Crippen molar-refractivity contribution in [1.82, 2.24) is 14.9 Å². The van der Waals surface area contributed by atoms with Crippen molar-refractivity contribution in [1.29, 1.82) is 0 Å². The molecule has 24 heavy (non-hydrogen) atoms. The van der Waals surface area contributed by atoms with Crippen LogP contribution >= 0.6 is 11.5 Å². The number of nitrogens with one attached hydrogen (secondary N) is 1. The fourth-order valence-electron chi connectivity index (χ4n) is 1.99. The minimum atomic E-state index is -1.12. The second-order valence-electron chi connectivity index (χ2n) is 6.23. The molecule has 0 saturated heterocycles. The number of carboxylic acid groups (broad SMARTS) is 1. The average Bonchev–Trinajstić information content (AvgIpc) is 2.99. The Bertz CT molecular complexity index is 693. The molecule has 2 rings (SSSR count). The summed E-state index contributed by atoms with van der Waals surface area (Å²) in [5, 5.41) is 17.5. The zero-order chi connectivity index (χ0) is 17.7. The van der Waals surface area contributed by atoms with Gasteiger partial charge in [0.1, 0.15) is 17.3 Å². The molecule has 7 nitrogen and oxygen atoms in total. The number of ether oxygens (including phenoxy) is 1. The number of nitrogens with zero attached hydrogens (tertiary/aromatic N) is 2. The molecule has 128 valence electrons. The molecule has 8 heteroatoms. The number of aromatic nitrogens is 2. The van der Waals surface area contributed by atoms with E-state index in [1.54, 1.807) is 32.9 Å². The van der Waals surface area contributed by atoms with Gasteiger partial charge in [0, 0.05) is 17.4 Å². The summed E-state index contributed by atoms with van der Waals surface area (Å²) in [6, 6.07) is 6.24. The van der Waals surface area contributed by atoms with E-state index in [1.165, 1.54) is 11.5 Å². The van der Waals surface area contributed by atoms with E-state index in [2.05, 4.69) is 14.9 Å². The highest BCUT2D eigenvalue weighted by Gasteiger charge is 2.24. The third kappa shape index (κ3) is 5.31. The molecule has 0 bridgehead atoms. The molecule has 1 unspecified atom stereocenters. The topological polar surface area (TPSA) is 101 Å². The number of hydrogen-bond donors (Lipinski definition) is 2. The molecule has 1 aromatic carbocycles. The van der Waals surface area contributed by atoms with Crippen molar-refractivity contribution in [3.63, 3.8) is 0 Å². The molecule has 0 radical (unpaired) electrons. The predicted octanol–water partition coefficient (Wildman–Crippen LogP) is 2.73. The van der Waals surface area contributed by atoms with Gasteiger partial charge in [0.2, 0.25) is 0 Å². The van der Waals surface area contributed by atoms with E-state index < -0.39 is 23.7 Å². The van der Waals surface area contributed by atoms with Crippen LogP contribution in [-0.2, 0) is 16.0 Å². The highest BCUT2D eigenvalue weighted by Crippen LogP contribution is 2.19. The first kappa shape index (κ1) is 17.9. The van der Waals surface area contributed by atoms with E-state index in [1.807, 2.05) is 17.5 Å². The molecule has 0 spiro atoms. The monoisotopic (exact) mass is 349 g/mol. The van der Waals surface area contributed by atoms with Gasteiger partial charge in [0.25, 0.3) is 0 Å². The van der Waals surface area contributed by atoms with Gasteiger partial charge in [-0.2, -0.15) is 0 Å². The molecule has 1 atom stereocenters. The predicted molar refractivity (Wildman–Crippen MR) is 89.8 cm³/mol. The average molecular weight is 349 g/mol. The van der Waals surface area contributed by atoms with Gasteiger partial charge in [-0.25, -0.2) is 9.59 Å². The van der Waals surface area contributed by atoms with E-state index in [9.17, 15) is 14.7 Å². The summed E-state index contributed by atoms with van der Waals surface area (Å²) >= 11 is 1.26. The highest BCUT2D eigenvalue weighted by atomic mass is 32.1. The number of hydrogen-bond acceptors (Lipinski definition) is 6. The number of benzene rings is 1. The van der Waals surface area contributed by atoms with Crippen LogP contribution < -0.4 is 5.32 Å². The molecule has 1 heterocycles. The van der Waals surface area contributed by atoms with E-state index in [0.29, 0.717) is 0 Å². The van der Waals surface area contributed by atoms with Crippen molar-refractivity contribution >= 4 is 23.6 Å². The lowest BCUT2D eigenvalue weighted by Crippen LogP contribution is -2.44. The highest BCUT2D eigenvalue weighted by molar-refractivity contribution is 7.03. The minimum Gasteiger partial charge on any atom is -0.480 e. The Morgan fingerprint density at radius 2 is 1.96 bits per heavy atom. The van der Waals surface area contributed by atoms with Gasteiger partial charge in [-0.3, -0.25) is 0 Å². The van der Waals surface area contributed by atoms with Crippen molar-refractivity contribution in [2.24, 2.45) is 0 Å². The van der Waals surface area contributed by atoms with E-state index >= 15 is 0 Å². The SMILES string of the molecule is CC(C)(C)OC(=O)NC(Cc1ccc(-c2csnn2)cc1)C(=O)O. The maximum Gasteiger partial charge on any atom is 0.408 e. The lowest BCUT2D eigenvalue weighted by Gasteiger charge is -2.22. The fourth-order valence-corrected chi connectivity index (χ4v) is 2.45. The van der Waals surface area contributed by atoms with Crippen LogP contribution in [0, 0.1) is 0 Å². The summed E-state index contributed by atoms with van der Waals surface area (Å²) in [7, 11) is 0. The summed E-state index contributed by atoms with van der Waals surface area (Å²) in [5.74, 6) is -1.12. The Morgan fingerprint density at radius 1 is 1.29 bits per heavy atom. The van der Waals surface area contributed by atoms with Crippen molar-refractivity contribution in [2.45, 2.75) is 38.8 Å². The summed E-state index contributed by atoms with van der Waals surface area (Å²) in [6.45, 7) is 5.15. The number of carbonyl (C=O) groups excluding carboxylic acids is 1. The van der Waals surface area contributed by atoms with Gasteiger partial charge in [-0.05, 0) is 37.9 Å². The normalized spacial score (nSPS) is 12.5. The molecule has 1 aromatic heterocycles. The Labute approximate surface area is 143 Å². The third-order valence-corrected chi connectivity index (χ3v) is 3.54. The standard InChI is InChI=1S/C16H19N3O4S/c1-16(2,3)23-15(22)17-12(14(20)21)8-10-4-6-11(7-5-10)13-9-24-19-18-13/h4-7,9,12H,8H2,1-3H3,(H,17,22)(H,20,21). The molecule has 2 aromatic rings. The van der Waals surface area contributed by atoms with E-state index in [0.717, 1.165) is 16.8 Å². The summed E-state index contributed by atoms with van der Waals surface area (Å²) in [5.41, 5.74) is 1.77. The van der Waals surface area contributed by atoms with Crippen LogP contribution in [0.25, 0.3) is 11.3 Å². The van der Waals surface area contributed by atoms with Gasteiger partial charge in [-0.15, -0.1) is 5.10 Å². The molecule has 0 aliphatic carbocycles. The van der Waals surface area contributed by atoms with Crippen LogP contribution in [-0.4, -0.2) is 38.4 Å². The summed E-state index contributed by atoms with van der Waals surface area (Å²) < 4.78 is 8.90. The van der Waals surface area contributed by atoms with Crippen LogP contribution in [0.2, 0.25) is 0 Å². The number of aliphatic carboxylic acids is 1. The van der Waals surface area contributed by atoms with Crippen molar-refractivity contribution in [3.8, 4) is 11.3 Å². The number of rotatable bonds is 5. The second kappa shape index (κ2) is 7.39. The Hall–Kier alpha value is -2.48. The number of amides is 1. The van der Waals surface area contributed by atoms with Gasteiger partial charge in [0.15, 0.2) is 0 Å². The quantitative estimate of drug-likeness (QED) is 0.860. The van der Waals surface area contributed by atoms with Gasteiger partial charge in [-0.1, -0.05) is 28.8 Å². The van der Waals surface area contributed by atoms with Gasteiger partial charge in [0.05, 0.1) is 0 Å². The smallest absolute Gasteiger partial charge is 0.408 e. The van der Waals surface area contributed by atoms with Crippen LogP contribution in [0.5, 0.6) is 0 Å². The zero-order valence-electron chi connectivity index (χ0n) is 13.6. The van der Waals surface area contributed by atoms with Crippen LogP contribution in [0.1, 0.15) is 26.3 Å². The van der Waals surface area contributed by atoms with Crippen LogP contribution in [0.3, 0.4) is 0 Å². The van der Waals surface area contributed by atoms with Gasteiger partial charge >= 0.3 is 12.1 Å². The number of alkyl carbamates (subject to hydrolysis) is 1. The Morgan fingerprint density at radius 3 is 2.46 bits per heavy atom. The summed E-state index contributed by atoms with van der Waals surface area (Å²) in [6.07, 6.45) is -0.593. The Balaban J connectivity index is 2.02. The second-order valence-corrected chi connectivity index (χ2v) is 6.84. The first-order chi connectivity index (χ1) is 11.2. The first-order valence-electron chi connectivity index (χ1n) is 7.33. The Kier molecular flexibility index (Phi) is 5.50. The van der Waals surface area contributed by atoms with E-state index in [4.69, 9.17) is 4.74 Å². The molecule has 0 aliphatic heterocycles. The third-order valence-electron chi connectivity index (χ3n) is 3.04. The van der Waals surface area contributed by atoms with Crippen molar-refractivity contribution < 1.29 is 19.4 Å². The maximum atomic E-state index is 11.8. The first-order valence-corrected chi connectivity index (χ1v) is 8.17.